The van der Waals surface area contributed by atoms with Gasteiger partial charge in [0.1, 0.15) is 11.5 Å². The summed E-state index contributed by atoms with van der Waals surface area (Å²) in [6.45, 7) is 3.98. The van der Waals surface area contributed by atoms with Crippen molar-refractivity contribution in [3.63, 3.8) is 0 Å². The van der Waals surface area contributed by atoms with Crippen LogP contribution in [-0.4, -0.2) is 10.7 Å². The smallest absolute Gasteiger partial charge is 0.293 e. The highest BCUT2D eigenvalue weighted by Crippen LogP contribution is 2.52. The van der Waals surface area contributed by atoms with Gasteiger partial charge >= 0.3 is 0 Å². The average Bonchev–Trinajstić information content (AvgIpc) is 3.12. The van der Waals surface area contributed by atoms with E-state index in [1.54, 1.807) is 23.1 Å². The zero-order valence-corrected chi connectivity index (χ0v) is 19.3. The first-order valence-corrected chi connectivity index (χ1v) is 11.2. The van der Waals surface area contributed by atoms with Crippen molar-refractivity contribution in [2.75, 3.05) is 4.90 Å². The number of rotatable bonds is 3. The van der Waals surface area contributed by atoms with E-state index < -0.39 is 10.8 Å². The number of allylic oxidation sites excluding steroid dienone is 3. The van der Waals surface area contributed by atoms with E-state index in [-0.39, 0.29) is 34.0 Å². The molecular weight excluding hydrogens is 480 g/mol. The number of carbonyl (C=O) groups is 1. The minimum Gasteiger partial charge on any atom is -0.384 e. The second-order valence-electron chi connectivity index (χ2n) is 8.37. The molecule has 31 heavy (non-hydrogen) atoms. The molecule has 1 aromatic carbocycles. The number of ketones is 1. The lowest BCUT2D eigenvalue weighted by Crippen LogP contribution is -2.42. The van der Waals surface area contributed by atoms with Crippen molar-refractivity contribution in [3.8, 4) is 6.07 Å². The van der Waals surface area contributed by atoms with Gasteiger partial charge in [0.05, 0.1) is 26.3 Å². The summed E-state index contributed by atoms with van der Waals surface area (Å²) in [5.41, 5.74) is 7.63. The minimum atomic E-state index is -0.584. The Bertz CT molecular complexity index is 1220. The van der Waals surface area contributed by atoms with Crippen LogP contribution in [0, 0.1) is 26.9 Å². The molecule has 0 fully saturated rings. The molecule has 0 amide bonds. The molecule has 1 aromatic heterocycles. The molecule has 0 radical (unpaired) electrons. The molecule has 1 aliphatic carbocycles. The lowest BCUT2D eigenvalue weighted by molar-refractivity contribution is -0.384. The van der Waals surface area contributed by atoms with E-state index in [1.807, 2.05) is 26.0 Å². The first-order chi connectivity index (χ1) is 14.6. The zero-order chi connectivity index (χ0) is 22.5. The van der Waals surface area contributed by atoms with E-state index in [9.17, 15) is 20.2 Å². The van der Waals surface area contributed by atoms with Gasteiger partial charge in [0.2, 0.25) is 0 Å². The summed E-state index contributed by atoms with van der Waals surface area (Å²) >= 11 is 4.89. The molecule has 0 saturated heterocycles. The molecular formula is C22H19BrN4O3S. The number of halogens is 1. The Balaban J connectivity index is 2.04. The number of para-hydroxylation sites is 2. The highest BCUT2D eigenvalue weighted by Gasteiger charge is 2.46. The second-order valence-corrected chi connectivity index (χ2v) is 10.9. The number of nitro benzene ring substituents is 1. The largest absolute Gasteiger partial charge is 0.384 e. The Morgan fingerprint density at radius 2 is 2.00 bits per heavy atom. The van der Waals surface area contributed by atoms with E-state index in [0.29, 0.717) is 24.1 Å². The van der Waals surface area contributed by atoms with Crippen molar-refractivity contribution >= 4 is 44.4 Å². The predicted octanol–water partition coefficient (Wildman–Crippen LogP) is 5.36. The number of benzene rings is 1. The van der Waals surface area contributed by atoms with Gasteiger partial charge in [-0.2, -0.15) is 5.26 Å². The van der Waals surface area contributed by atoms with Gasteiger partial charge in [-0.1, -0.05) is 26.0 Å². The standard InChI is InChI=1S/C22H19BrN4O3S/c1-22(2)9-15-20(16(28)10-22)19(17-7-8-18(23)31-17)12(11-24)21(25)26(15)13-5-3-4-6-14(13)27(29)30/h3-8,19H,9-10,25H2,1-2H3. The Labute approximate surface area is 191 Å². The molecule has 1 unspecified atom stereocenters. The summed E-state index contributed by atoms with van der Waals surface area (Å²) in [6, 6.07) is 12.2. The van der Waals surface area contributed by atoms with E-state index in [1.165, 1.54) is 17.4 Å². The summed E-state index contributed by atoms with van der Waals surface area (Å²) in [5, 5.41) is 21.8. The van der Waals surface area contributed by atoms with Crippen LogP contribution in [0.25, 0.3) is 0 Å². The number of hydrogen-bond donors (Lipinski definition) is 1. The third kappa shape index (κ3) is 3.56. The first-order valence-electron chi connectivity index (χ1n) is 9.59. The molecule has 2 aliphatic rings. The van der Waals surface area contributed by atoms with E-state index in [4.69, 9.17) is 5.73 Å². The molecule has 2 heterocycles. The number of Topliss-reactive ketones (excluding diaryl/α,β-unsaturated/α-hetero) is 1. The molecule has 0 bridgehead atoms. The fourth-order valence-corrected chi connectivity index (χ4v) is 5.90. The molecule has 1 aliphatic heterocycles. The number of nitriles is 1. The lowest BCUT2D eigenvalue weighted by Gasteiger charge is -2.43. The molecule has 4 rings (SSSR count). The average molecular weight is 499 g/mol. The van der Waals surface area contributed by atoms with Crippen LogP contribution in [0.15, 0.2) is 62.8 Å². The highest BCUT2D eigenvalue weighted by molar-refractivity contribution is 9.11. The van der Waals surface area contributed by atoms with Crippen molar-refractivity contribution in [2.24, 2.45) is 11.1 Å². The van der Waals surface area contributed by atoms with Crippen LogP contribution >= 0.6 is 27.3 Å². The number of nitrogens with two attached hydrogens (primary N) is 1. The van der Waals surface area contributed by atoms with Crippen LogP contribution in [0.1, 0.15) is 37.5 Å². The Hall–Kier alpha value is -2.96. The van der Waals surface area contributed by atoms with E-state index in [2.05, 4.69) is 22.0 Å². The molecule has 9 heteroatoms. The molecule has 2 N–H and O–H groups in total. The summed E-state index contributed by atoms with van der Waals surface area (Å²) in [6.07, 6.45) is 0.834. The van der Waals surface area contributed by atoms with Crippen molar-refractivity contribution in [2.45, 2.75) is 32.6 Å². The van der Waals surface area contributed by atoms with Gasteiger partial charge in [0.15, 0.2) is 5.78 Å². The monoisotopic (exact) mass is 498 g/mol. The maximum atomic E-state index is 13.4. The molecule has 1 atom stereocenters. The van der Waals surface area contributed by atoms with Crippen LogP contribution in [0.3, 0.4) is 0 Å². The molecule has 158 valence electrons. The van der Waals surface area contributed by atoms with Gasteiger partial charge in [-0.3, -0.25) is 19.8 Å². The van der Waals surface area contributed by atoms with Crippen LogP contribution in [-0.2, 0) is 4.79 Å². The van der Waals surface area contributed by atoms with Gasteiger partial charge < -0.3 is 5.73 Å². The number of thiophene rings is 1. The van der Waals surface area contributed by atoms with Crippen LogP contribution in [0.2, 0.25) is 0 Å². The van der Waals surface area contributed by atoms with E-state index in [0.717, 1.165) is 8.66 Å². The number of hydrogen-bond acceptors (Lipinski definition) is 7. The van der Waals surface area contributed by atoms with Crippen LogP contribution in [0.4, 0.5) is 11.4 Å². The van der Waals surface area contributed by atoms with E-state index >= 15 is 0 Å². The van der Waals surface area contributed by atoms with Gasteiger partial charge in [-0.15, -0.1) is 11.3 Å². The maximum absolute atomic E-state index is 13.4. The van der Waals surface area contributed by atoms with Crippen molar-refractivity contribution in [1.82, 2.24) is 0 Å². The maximum Gasteiger partial charge on any atom is 0.293 e. The third-order valence-corrected chi connectivity index (χ3v) is 7.27. The topological polar surface area (TPSA) is 113 Å². The Kier molecular flexibility index (Phi) is 5.23. The summed E-state index contributed by atoms with van der Waals surface area (Å²) in [4.78, 5) is 27.0. The normalized spacial score (nSPS) is 20.5. The van der Waals surface area contributed by atoms with Crippen molar-refractivity contribution < 1.29 is 9.72 Å². The number of anilines is 1. The summed E-state index contributed by atoms with van der Waals surface area (Å²) < 4.78 is 0.880. The number of carbonyl (C=O) groups excluding carboxylic acids is 1. The van der Waals surface area contributed by atoms with Crippen LogP contribution < -0.4 is 10.6 Å². The fourth-order valence-electron chi connectivity index (χ4n) is 4.36. The van der Waals surface area contributed by atoms with Crippen molar-refractivity contribution in [1.29, 1.82) is 5.26 Å². The molecule has 2 aromatic rings. The summed E-state index contributed by atoms with van der Waals surface area (Å²) in [7, 11) is 0. The predicted molar refractivity (Wildman–Crippen MR) is 122 cm³/mol. The fraction of sp³-hybridized carbons (Fsp3) is 0.273. The van der Waals surface area contributed by atoms with Gasteiger partial charge in [0.25, 0.3) is 5.69 Å². The molecule has 7 nitrogen and oxygen atoms in total. The first kappa shape index (κ1) is 21.3. The van der Waals surface area contributed by atoms with Crippen molar-refractivity contribution in [3.05, 3.63) is 77.8 Å². The van der Waals surface area contributed by atoms with Crippen LogP contribution in [0.5, 0.6) is 0 Å². The molecule has 0 spiro atoms. The minimum absolute atomic E-state index is 0.0652. The van der Waals surface area contributed by atoms with Gasteiger partial charge in [0, 0.05) is 28.6 Å². The van der Waals surface area contributed by atoms with Gasteiger partial charge in [-0.05, 0) is 46.0 Å². The number of nitrogens with zero attached hydrogens (tertiary/aromatic N) is 3. The Morgan fingerprint density at radius 1 is 1.29 bits per heavy atom. The number of nitro groups is 1. The second kappa shape index (κ2) is 7.62. The molecule has 0 saturated carbocycles. The Morgan fingerprint density at radius 3 is 2.61 bits per heavy atom. The highest BCUT2D eigenvalue weighted by atomic mass is 79.9. The van der Waals surface area contributed by atoms with Gasteiger partial charge in [-0.25, -0.2) is 0 Å². The lowest BCUT2D eigenvalue weighted by atomic mass is 9.69. The summed E-state index contributed by atoms with van der Waals surface area (Å²) in [5.74, 6) is -0.529. The quantitative estimate of drug-likeness (QED) is 0.449. The zero-order valence-electron chi connectivity index (χ0n) is 16.9. The SMILES string of the molecule is CC1(C)CC(=O)C2=C(C1)N(c1ccccc1[N+](=O)[O-])C(N)=C(C#N)C2c1ccc(Br)s1. The third-order valence-electron chi connectivity index (χ3n) is 5.58.